The van der Waals surface area contributed by atoms with Gasteiger partial charge in [-0.3, -0.25) is 4.79 Å². The van der Waals surface area contributed by atoms with Crippen LogP contribution in [0.15, 0.2) is 72.8 Å². The molecule has 0 radical (unpaired) electrons. The molecule has 0 aliphatic heterocycles. The number of amides is 1. The van der Waals surface area contributed by atoms with Gasteiger partial charge in [-0.2, -0.15) is 0 Å². The lowest BCUT2D eigenvalue weighted by Crippen LogP contribution is -2.14. The maximum atomic E-state index is 12.7. The number of carbonyl (C=O) groups is 1. The summed E-state index contributed by atoms with van der Waals surface area (Å²) in [4.78, 5) is 17.1. The Labute approximate surface area is 145 Å². The van der Waals surface area contributed by atoms with Crippen LogP contribution < -0.4 is 10.1 Å². The third-order valence-corrected chi connectivity index (χ3v) is 4.18. The van der Waals surface area contributed by atoms with E-state index in [1.165, 1.54) is 0 Å². The average Bonchev–Trinajstić information content (AvgIpc) is 2.68. The van der Waals surface area contributed by atoms with Crippen LogP contribution in [0.1, 0.15) is 10.5 Å². The van der Waals surface area contributed by atoms with E-state index < -0.39 is 0 Å². The molecule has 0 spiro atoms. The number of fused-ring (bicyclic) bond motifs is 2. The van der Waals surface area contributed by atoms with Gasteiger partial charge in [-0.15, -0.1) is 0 Å². The van der Waals surface area contributed by atoms with Gasteiger partial charge in [0.2, 0.25) is 0 Å². The second-order valence-corrected chi connectivity index (χ2v) is 5.70. The Morgan fingerprint density at radius 2 is 1.64 bits per heavy atom. The minimum absolute atomic E-state index is 0.235. The second kappa shape index (κ2) is 6.24. The van der Waals surface area contributed by atoms with E-state index in [0.717, 1.165) is 33.1 Å². The van der Waals surface area contributed by atoms with E-state index in [4.69, 9.17) is 4.74 Å². The molecule has 4 nitrogen and oxygen atoms in total. The highest BCUT2D eigenvalue weighted by Gasteiger charge is 2.12. The predicted octanol–water partition coefficient (Wildman–Crippen LogP) is 4.65. The zero-order valence-corrected chi connectivity index (χ0v) is 13.7. The van der Waals surface area contributed by atoms with Crippen LogP contribution in [0.25, 0.3) is 21.7 Å². The van der Waals surface area contributed by atoms with Crippen LogP contribution in [-0.4, -0.2) is 18.0 Å². The van der Waals surface area contributed by atoms with Crippen molar-refractivity contribution in [3.8, 4) is 5.75 Å². The van der Waals surface area contributed by atoms with Crippen molar-refractivity contribution in [1.29, 1.82) is 0 Å². The van der Waals surface area contributed by atoms with Crippen LogP contribution in [0.5, 0.6) is 5.75 Å². The monoisotopic (exact) mass is 328 g/mol. The van der Waals surface area contributed by atoms with Gasteiger partial charge in [-0.1, -0.05) is 48.5 Å². The topological polar surface area (TPSA) is 51.2 Å². The van der Waals surface area contributed by atoms with Crippen LogP contribution in [-0.2, 0) is 0 Å². The Morgan fingerprint density at radius 1 is 0.880 bits per heavy atom. The van der Waals surface area contributed by atoms with Gasteiger partial charge < -0.3 is 10.1 Å². The molecule has 1 aromatic heterocycles. The number of methoxy groups -OCH3 is 1. The minimum Gasteiger partial charge on any atom is -0.496 e. The summed E-state index contributed by atoms with van der Waals surface area (Å²) in [5.74, 6) is 0.540. The summed E-state index contributed by atoms with van der Waals surface area (Å²) >= 11 is 0. The zero-order valence-electron chi connectivity index (χ0n) is 13.7. The molecule has 1 amide bonds. The van der Waals surface area contributed by atoms with Gasteiger partial charge in [0.1, 0.15) is 11.4 Å². The van der Waals surface area contributed by atoms with Crippen LogP contribution in [0.4, 0.5) is 5.69 Å². The first-order chi connectivity index (χ1) is 12.3. The molecule has 4 heteroatoms. The van der Waals surface area contributed by atoms with E-state index in [-0.39, 0.29) is 5.91 Å². The molecule has 4 rings (SSSR count). The van der Waals surface area contributed by atoms with E-state index in [0.29, 0.717) is 5.69 Å². The number of hydrogen-bond donors (Lipinski definition) is 1. The van der Waals surface area contributed by atoms with Gasteiger partial charge >= 0.3 is 0 Å². The Hall–Kier alpha value is -3.40. The van der Waals surface area contributed by atoms with Crippen molar-refractivity contribution in [2.24, 2.45) is 0 Å². The number of aromatic nitrogens is 1. The summed E-state index contributed by atoms with van der Waals surface area (Å²) < 4.78 is 5.40. The van der Waals surface area contributed by atoms with Gasteiger partial charge in [-0.25, -0.2) is 4.98 Å². The number of ether oxygens (including phenoxy) is 1. The van der Waals surface area contributed by atoms with Crippen molar-refractivity contribution in [3.05, 3.63) is 78.5 Å². The molecular weight excluding hydrogens is 312 g/mol. The number of nitrogens with zero attached hydrogens (tertiary/aromatic N) is 1. The molecule has 0 aliphatic carbocycles. The smallest absolute Gasteiger partial charge is 0.274 e. The van der Waals surface area contributed by atoms with Gasteiger partial charge in [-0.05, 0) is 24.3 Å². The van der Waals surface area contributed by atoms with E-state index in [9.17, 15) is 4.79 Å². The van der Waals surface area contributed by atoms with E-state index >= 15 is 0 Å². The normalized spacial score (nSPS) is 10.8. The van der Waals surface area contributed by atoms with Crippen LogP contribution >= 0.6 is 0 Å². The molecule has 0 unspecified atom stereocenters. The van der Waals surface area contributed by atoms with Gasteiger partial charge in [0, 0.05) is 21.8 Å². The molecule has 1 heterocycles. The van der Waals surface area contributed by atoms with E-state index in [1.807, 2.05) is 66.7 Å². The van der Waals surface area contributed by atoms with Crippen molar-refractivity contribution in [2.45, 2.75) is 0 Å². The summed E-state index contributed by atoms with van der Waals surface area (Å²) in [5.41, 5.74) is 1.92. The first-order valence-electron chi connectivity index (χ1n) is 7.99. The largest absolute Gasteiger partial charge is 0.496 e. The number of carbonyl (C=O) groups excluding carboxylic acids is 1. The first kappa shape index (κ1) is 15.1. The lowest BCUT2D eigenvalue weighted by Gasteiger charge is -2.11. The second-order valence-electron chi connectivity index (χ2n) is 5.70. The molecule has 3 aromatic carbocycles. The molecule has 0 saturated heterocycles. The fraction of sp³-hybridized carbons (Fsp3) is 0.0476. The van der Waals surface area contributed by atoms with Gasteiger partial charge in [0.15, 0.2) is 0 Å². The first-order valence-corrected chi connectivity index (χ1v) is 7.99. The van der Waals surface area contributed by atoms with Crippen molar-refractivity contribution < 1.29 is 9.53 Å². The molecule has 0 aliphatic rings. The maximum absolute atomic E-state index is 12.7. The predicted molar refractivity (Wildman–Crippen MR) is 100 cm³/mol. The molecule has 0 bridgehead atoms. The average molecular weight is 328 g/mol. The lowest BCUT2D eigenvalue weighted by atomic mass is 10.1. The Kier molecular flexibility index (Phi) is 3.78. The standard InChI is InChI=1S/C21H16N2O2/c1-25-20-13-12-18(15-7-3-4-8-16(15)20)23-21(24)19-11-10-14-6-2-5-9-17(14)22-19/h2-13H,1H3,(H,23,24). The molecule has 0 saturated carbocycles. The molecule has 25 heavy (non-hydrogen) atoms. The van der Waals surface area contributed by atoms with Crippen LogP contribution in [0, 0.1) is 0 Å². The number of hydrogen-bond acceptors (Lipinski definition) is 3. The van der Waals surface area contributed by atoms with Crippen LogP contribution in [0.2, 0.25) is 0 Å². The summed E-state index contributed by atoms with van der Waals surface area (Å²) in [7, 11) is 1.64. The summed E-state index contributed by atoms with van der Waals surface area (Å²) in [6.07, 6.45) is 0. The number of anilines is 1. The van der Waals surface area contributed by atoms with E-state index in [1.54, 1.807) is 13.2 Å². The Morgan fingerprint density at radius 3 is 2.48 bits per heavy atom. The van der Waals surface area contributed by atoms with Crippen molar-refractivity contribution in [3.63, 3.8) is 0 Å². The molecule has 4 aromatic rings. The number of rotatable bonds is 3. The highest BCUT2D eigenvalue weighted by atomic mass is 16.5. The summed E-state index contributed by atoms with van der Waals surface area (Å²) in [5, 5.41) is 5.85. The third kappa shape index (κ3) is 2.78. The molecule has 1 N–H and O–H groups in total. The third-order valence-electron chi connectivity index (χ3n) is 4.18. The Bertz CT molecular complexity index is 1090. The van der Waals surface area contributed by atoms with Gasteiger partial charge in [0.05, 0.1) is 12.6 Å². The Balaban J connectivity index is 1.71. The molecule has 122 valence electrons. The highest BCUT2D eigenvalue weighted by Crippen LogP contribution is 2.31. The van der Waals surface area contributed by atoms with Crippen molar-refractivity contribution in [1.82, 2.24) is 4.98 Å². The molecule has 0 atom stereocenters. The SMILES string of the molecule is COc1ccc(NC(=O)c2ccc3ccccc3n2)c2ccccc12. The highest BCUT2D eigenvalue weighted by molar-refractivity contribution is 6.09. The van der Waals surface area contributed by atoms with Crippen molar-refractivity contribution >= 4 is 33.3 Å². The fourth-order valence-electron chi connectivity index (χ4n) is 2.94. The van der Waals surface area contributed by atoms with Crippen molar-refractivity contribution in [2.75, 3.05) is 12.4 Å². The maximum Gasteiger partial charge on any atom is 0.274 e. The number of benzene rings is 3. The number of para-hydroxylation sites is 1. The molecule has 0 fully saturated rings. The number of nitrogens with one attached hydrogen (secondary N) is 1. The summed E-state index contributed by atoms with van der Waals surface area (Å²) in [6.45, 7) is 0. The lowest BCUT2D eigenvalue weighted by molar-refractivity contribution is 0.102. The molecular formula is C21H16N2O2. The fourth-order valence-corrected chi connectivity index (χ4v) is 2.94. The minimum atomic E-state index is -0.235. The zero-order chi connectivity index (χ0) is 17.2. The number of pyridine rings is 1. The van der Waals surface area contributed by atoms with Crippen LogP contribution in [0.3, 0.4) is 0 Å². The quantitative estimate of drug-likeness (QED) is 0.595. The summed E-state index contributed by atoms with van der Waals surface area (Å²) in [6, 6.07) is 22.9. The van der Waals surface area contributed by atoms with E-state index in [2.05, 4.69) is 10.3 Å². The van der Waals surface area contributed by atoms with Gasteiger partial charge in [0.25, 0.3) is 5.91 Å².